The number of hydrogen-bond donors (Lipinski definition) is 2. The van der Waals surface area contributed by atoms with Crippen molar-refractivity contribution in [3.63, 3.8) is 0 Å². The number of aromatic amines is 1. The van der Waals surface area contributed by atoms with Gasteiger partial charge in [0.25, 0.3) is 0 Å². The number of para-hydroxylation sites is 2. The summed E-state index contributed by atoms with van der Waals surface area (Å²) in [6, 6.07) is 22.1. The van der Waals surface area contributed by atoms with Crippen LogP contribution in [0.3, 0.4) is 0 Å². The van der Waals surface area contributed by atoms with Crippen molar-refractivity contribution >= 4 is 22.6 Å². The Kier molecular flexibility index (Phi) is 4.81. The normalized spacial score (nSPS) is 15.7. The molecule has 0 saturated heterocycles. The molecule has 1 aliphatic rings. The molecule has 1 atom stereocenters. The summed E-state index contributed by atoms with van der Waals surface area (Å²) in [6.45, 7) is 2.67. The molecule has 0 spiro atoms. The van der Waals surface area contributed by atoms with Gasteiger partial charge in [0.2, 0.25) is 5.91 Å². The number of anilines is 1. The van der Waals surface area contributed by atoms with E-state index >= 15 is 0 Å². The van der Waals surface area contributed by atoms with Gasteiger partial charge in [0.15, 0.2) is 0 Å². The first-order chi connectivity index (χ1) is 14.7. The summed E-state index contributed by atoms with van der Waals surface area (Å²) in [5.41, 5.74) is 6.98. The lowest BCUT2D eigenvalue weighted by molar-refractivity contribution is -0.119. The third kappa shape index (κ3) is 3.60. The molecular weight excluding hydrogens is 374 g/mol. The van der Waals surface area contributed by atoms with Crippen LogP contribution in [0.4, 0.5) is 5.69 Å². The van der Waals surface area contributed by atoms with Gasteiger partial charge in [-0.05, 0) is 48.7 Å². The molecule has 0 bridgehead atoms. The number of carbonyl (C=O) groups excluding carboxylic acids is 1. The minimum absolute atomic E-state index is 0.0714. The Bertz CT molecular complexity index is 1200. The lowest BCUT2D eigenvalue weighted by atomic mass is 9.95. The van der Waals surface area contributed by atoms with Crippen molar-refractivity contribution in [2.75, 3.05) is 11.9 Å². The van der Waals surface area contributed by atoms with Crippen molar-refractivity contribution in [3.8, 4) is 11.4 Å². The van der Waals surface area contributed by atoms with Crippen molar-refractivity contribution in [1.29, 1.82) is 0 Å². The van der Waals surface area contributed by atoms with Gasteiger partial charge >= 0.3 is 0 Å². The SMILES string of the molecule is Cc1ccc(NC(=O)CC2OCCc3ccccc32)c(-c2nc3ccccc3[nH]2)c1. The zero-order valence-electron chi connectivity index (χ0n) is 16.8. The molecule has 0 fully saturated rings. The predicted molar refractivity (Wildman–Crippen MR) is 118 cm³/mol. The number of rotatable bonds is 4. The molecule has 2 heterocycles. The van der Waals surface area contributed by atoms with Crippen LogP contribution in [-0.4, -0.2) is 22.5 Å². The average Bonchev–Trinajstić information content (AvgIpc) is 3.19. The van der Waals surface area contributed by atoms with E-state index in [1.165, 1.54) is 5.56 Å². The second kappa shape index (κ2) is 7.76. The molecule has 3 aromatic carbocycles. The molecule has 0 aliphatic carbocycles. The van der Waals surface area contributed by atoms with E-state index in [0.717, 1.165) is 45.7 Å². The highest BCUT2D eigenvalue weighted by atomic mass is 16.5. The lowest BCUT2D eigenvalue weighted by Crippen LogP contribution is -2.22. The number of benzene rings is 3. The fourth-order valence-electron chi connectivity index (χ4n) is 4.06. The quantitative estimate of drug-likeness (QED) is 0.499. The first kappa shape index (κ1) is 18.6. The van der Waals surface area contributed by atoms with Gasteiger partial charge in [-0.25, -0.2) is 4.98 Å². The number of imidazole rings is 1. The first-order valence-corrected chi connectivity index (χ1v) is 10.2. The molecule has 1 aliphatic heterocycles. The van der Waals surface area contributed by atoms with Gasteiger partial charge in [-0.15, -0.1) is 0 Å². The van der Waals surface area contributed by atoms with Crippen LogP contribution in [0, 0.1) is 6.92 Å². The van der Waals surface area contributed by atoms with E-state index in [9.17, 15) is 4.79 Å². The van der Waals surface area contributed by atoms with Crippen LogP contribution < -0.4 is 5.32 Å². The van der Waals surface area contributed by atoms with Crippen molar-refractivity contribution in [2.45, 2.75) is 25.9 Å². The highest BCUT2D eigenvalue weighted by Gasteiger charge is 2.23. The maximum atomic E-state index is 12.9. The number of nitrogens with zero attached hydrogens (tertiary/aromatic N) is 1. The smallest absolute Gasteiger partial charge is 0.227 e. The van der Waals surface area contributed by atoms with E-state index in [-0.39, 0.29) is 18.4 Å². The Labute approximate surface area is 175 Å². The highest BCUT2D eigenvalue weighted by molar-refractivity contribution is 5.96. The molecule has 4 aromatic rings. The van der Waals surface area contributed by atoms with Gasteiger partial charge in [0, 0.05) is 5.56 Å². The number of aryl methyl sites for hydroxylation is 1. The third-order valence-corrected chi connectivity index (χ3v) is 5.56. The zero-order chi connectivity index (χ0) is 20.5. The Balaban J connectivity index is 1.41. The largest absolute Gasteiger partial charge is 0.373 e. The number of carbonyl (C=O) groups is 1. The van der Waals surface area contributed by atoms with Crippen LogP contribution in [0.2, 0.25) is 0 Å². The van der Waals surface area contributed by atoms with E-state index in [0.29, 0.717) is 6.61 Å². The van der Waals surface area contributed by atoms with Crippen molar-refractivity contribution in [1.82, 2.24) is 9.97 Å². The summed E-state index contributed by atoms with van der Waals surface area (Å²) < 4.78 is 5.91. The second-order valence-corrected chi connectivity index (χ2v) is 7.71. The number of fused-ring (bicyclic) bond motifs is 2. The number of hydrogen-bond acceptors (Lipinski definition) is 3. The van der Waals surface area contributed by atoms with Gasteiger partial charge in [-0.1, -0.05) is 48.0 Å². The Morgan fingerprint density at radius 3 is 2.87 bits per heavy atom. The van der Waals surface area contributed by atoms with E-state index < -0.39 is 0 Å². The Morgan fingerprint density at radius 1 is 1.13 bits per heavy atom. The molecule has 150 valence electrons. The zero-order valence-corrected chi connectivity index (χ0v) is 16.8. The molecule has 30 heavy (non-hydrogen) atoms. The molecule has 5 nitrogen and oxygen atoms in total. The van der Waals surface area contributed by atoms with E-state index in [1.807, 2.05) is 61.5 Å². The molecule has 1 aromatic heterocycles. The standard InChI is InChI=1S/C25H23N3O2/c1-16-10-11-20(19(14-16)25-27-21-8-4-5-9-22(21)28-25)26-24(29)15-23-18-7-3-2-6-17(18)12-13-30-23/h2-11,14,23H,12-13,15H2,1H3,(H,26,29)(H,27,28). The van der Waals surface area contributed by atoms with Crippen LogP contribution >= 0.6 is 0 Å². The van der Waals surface area contributed by atoms with E-state index in [1.54, 1.807) is 0 Å². The van der Waals surface area contributed by atoms with Crippen LogP contribution in [-0.2, 0) is 16.0 Å². The minimum Gasteiger partial charge on any atom is -0.373 e. The third-order valence-electron chi connectivity index (χ3n) is 5.56. The molecule has 2 N–H and O–H groups in total. The maximum Gasteiger partial charge on any atom is 0.227 e. The summed E-state index contributed by atoms with van der Waals surface area (Å²) in [5, 5.41) is 3.08. The van der Waals surface area contributed by atoms with Gasteiger partial charge in [-0.2, -0.15) is 0 Å². The summed E-state index contributed by atoms with van der Waals surface area (Å²) in [6.07, 6.45) is 0.961. The van der Waals surface area contributed by atoms with Crippen molar-refractivity contribution in [2.24, 2.45) is 0 Å². The number of H-pyrrole nitrogens is 1. The Morgan fingerprint density at radius 2 is 1.97 bits per heavy atom. The number of ether oxygens (including phenoxy) is 1. The molecule has 1 amide bonds. The van der Waals surface area contributed by atoms with Crippen molar-refractivity contribution in [3.05, 3.63) is 83.4 Å². The van der Waals surface area contributed by atoms with E-state index in [4.69, 9.17) is 9.72 Å². The molecule has 5 rings (SSSR count). The number of nitrogens with one attached hydrogen (secondary N) is 2. The average molecular weight is 397 g/mol. The van der Waals surface area contributed by atoms with Gasteiger partial charge in [0.1, 0.15) is 5.82 Å². The summed E-state index contributed by atoms with van der Waals surface area (Å²) >= 11 is 0. The van der Waals surface area contributed by atoms with Crippen LogP contribution in [0.15, 0.2) is 66.7 Å². The van der Waals surface area contributed by atoms with Crippen LogP contribution in [0.25, 0.3) is 22.4 Å². The summed E-state index contributed by atoms with van der Waals surface area (Å²) in [5.74, 6) is 0.673. The monoisotopic (exact) mass is 397 g/mol. The van der Waals surface area contributed by atoms with Gasteiger partial charge in [0.05, 0.1) is 35.9 Å². The van der Waals surface area contributed by atoms with Gasteiger partial charge in [-0.3, -0.25) is 4.79 Å². The fourth-order valence-corrected chi connectivity index (χ4v) is 4.06. The lowest BCUT2D eigenvalue weighted by Gasteiger charge is -2.25. The maximum absolute atomic E-state index is 12.9. The molecule has 5 heteroatoms. The summed E-state index contributed by atoms with van der Waals surface area (Å²) in [7, 11) is 0. The molecular formula is C25H23N3O2. The highest BCUT2D eigenvalue weighted by Crippen LogP contribution is 2.32. The minimum atomic E-state index is -0.213. The number of aromatic nitrogens is 2. The van der Waals surface area contributed by atoms with E-state index in [2.05, 4.69) is 22.4 Å². The second-order valence-electron chi connectivity index (χ2n) is 7.71. The van der Waals surface area contributed by atoms with Crippen LogP contribution in [0.1, 0.15) is 29.2 Å². The van der Waals surface area contributed by atoms with Crippen molar-refractivity contribution < 1.29 is 9.53 Å². The first-order valence-electron chi connectivity index (χ1n) is 10.2. The predicted octanol–water partition coefficient (Wildman–Crippen LogP) is 5.18. The fraction of sp³-hybridized carbons (Fsp3) is 0.200. The van der Waals surface area contributed by atoms with Crippen LogP contribution in [0.5, 0.6) is 0 Å². The Hall–Kier alpha value is -3.44. The molecule has 0 radical (unpaired) electrons. The topological polar surface area (TPSA) is 67.0 Å². The molecule has 1 unspecified atom stereocenters. The molecule has 0 saturated carbocycles. The summed E-state index contributed by atoms with van der Waals surface area (Å²) in [4.78, 5) is 21.0. The number of amides is 1. The van der Waals surface area contributed by atoms with Gasteiger partial charge < -0.3 is 15.0 Å².